The zero-order valence-corrected chi connectivity index (χ0v) is 10.2. The molecule has 1 aromatic rings. The number of hydrogen-bond acceptors (Lipinski definition) is 2. The van der Waals surface area contributed by atoms with Gasteiger partial charge in [0.2, 0.25) is 0 Å². The number of nitrogens with zero attached hydrogens (tertiary/aromatic N) is 2. The average Bonchev–Trinajstić information content (AvgIpc) is 2.94. The number of hydrogen-bond donors (Lipinski definition) is 1. The van der Waals surface area contributed by atoms with Crippen LogP contribution in [-0.4, -0.2) is 41.8 Å². The molecule has 0 saturated carbocycles. The van der Waals surface area contributed by atoms with Crippen molar-refractivity contribution in [2.75, 3.05) is 24.5 Å². The molecule has 1 aromatic carbocycles. The third kappa shape index (κ3) is 1.18. The lowest BCUT2D eigenvalue weighted by Gasteiger charge is -2.37. The van der Waals surface area contributed by atoms with Crippen LogP contribution in [0.1, 0.15) is 23.5 Å². The molecule has 94 valence electrons. The minimum atomic E-state index is -0.776. The summed E-state index contributed by atoms with van der Waals surface area (Å²) in [5.74, 6) is 0.380. The lowest BCUT2D eigenvalue weighted by atomic mass is 9.88. The van der Waals surface area contributed by atoms with Gasteiger partial charge in [0.25, 0.3) is 0 Å². The summed E-state index contributed by atoms with van der Waals surface area (Å²) in [4.78, 5) is 15.2. The molecule has 1 N–H and O–H groups in total. The number of piperidine rings is 1. The van der Waals surface area contributed by atoms with E-state index in [1.807, 2.05) is 0 Å². The van der Waals surface area contributed by atoms with Gasteiger partial charge in [0.05, 0.1) is 0 Å². The molecule has 1 amide bonds. The second-order valence-electron chi connectivity index (χ2n) is 5.49. The third-order valence-corrected chi connectivity index (χ3v) is 4.71. The van der Waals surface area contributed by atoms with Crippen LogP contribution in [0, 0.1) is 0 Å². The first kappa shape index (κ1) is 10.2. The summed E-state index contributed by atoms with van der Waals surface area (Å²) >= 11 is 0. The van der Waals surface area contributed by atoms with E-state index in [4.69, 9.17) is 5.11 Å². The monoisotopic (exact) mass is 244 g/mol. The third-order valence-electron chi connectivity index (χ3n) is 4.71. The van der Waals surface area contributed by atoms with Crippen LogP contribution >= 0.6 is 0 Å². The van der Waals surface area contributed by atoms with Crippen molar-refractivity contribution in [2.45, 2.75) is 24.8 Å². The number of fused-ring (bicyclic) bond motifs is 3. The van der Waals surface area contributed by atoms with Gasteiger partial charge in [-0.15, -0.1) is 0 Å². The smallest absolute Gasteiger partial charge is 0.407 e. The molecule has 4 nitrogen and oxygen atoms in total. The molecule has 4 rings (SSSR count). The molecule has 0 spiro atoms. The number of likely N-dealkylation sites (tertiary alicyclic amines) is 1. The predicted octanol–water partition coefficient (Wildman–Crippen LogP) is 1.90. The Hall–Kier alpha value is -1.71. The van der Waals surface area contributed by atoms with E-state index in [1.54, 1.807) is 4.90 Å². The first-order valence-corrected chi connectivity index (χ1v) is 6.62. The summed E-state index contributed by atoms with van der Waals surface area (Å²) in [6, 6.07) is 7.05. The zero-order valence-electron chi connectivity index (χ0n) is 10.2. The van der Waals surface area contributed by atoms with Crippen LogP contribution in [0.2, 0.25) is 0 Å². The first-order valence-electron chi connectivity index (χ1n) is 6.62. The maximum Gasteiger partial charge on any atom is 0.407 e. The highest BCUT2D eigenvalue weighted by molar-refractivity contribution is 5.71. The fourth-order valence-electron chi connectivity index (χ4n) is 3.94. The Labute approximate surface area is 106 Å². The fraction of sp³-hybridized carbons (Fsp3) is 0.500. The molecule has 0 aromatic heterocycles. The molecule has 2 atom stereocenters. The predicted molar refractivity (Wildman–Crippen MR) is 68.2 cm³/mol. The quantitative estimate of drug-likeness (QED) is 0.758. The lowest BCUT2D eigenvalue weighted by molar-refractivity contribution is 0.127. The molecule has 0 unspecified atom stereocenters. The molecule has 1 saturated heterocycles. The van der Waals surface area contributed by atoms with E-state index in [9.17, 15) is 4.79 Å². The van der Waals surface area contributed by atoms with Crippen molar-refractivity contribution in [1.29, 1.82) is 0 Å². The second-order valence-corrected chi connectivity index (χ2v) is 5.49. The highest BCUT2D eigenvalue weighted by Gasteiger charge is 2.45. The van der Waals surface area contributed by atoms with Gasteiger partial charge in [-0.3, -0.25) is 0 Å². The van der Waals surface area contributed by atoms with E-state index in [0.29, 0.717) is 25.0 Å². The van der Waals surface area contributed by atoms with Crippen molar-refractivity contribution in [1.82, 2.24) is 4.90 Å². The number of para-hydroxylation sites is 1. The van der Waals surface area contributed by atoms with Crippen molar-refractivity contribution < 1.29 is 9.90 Å². The van der Waals surface area contributed by atoms with Gasteiger partial charge in [0.1, 0.15) is 0 Å². The molecule has 1 fully saturated rings. The van der Waals surface area contributed by atoms with Crippen molar-refractivity contribution in [3.8, 4) is 0 Å². The van der Waals surface area contributed by atoms with E-state index in [1.165, 1.54) is 16.8 Å². The Morgan fingerprint density at radius 1 is 1.33 bits per heavy atom. The van der Waals surface area contributed by atoms with E-state index >= 15 is 0 Å². The molecule has 3 aliphatic rings. The van der Waals surface area contributed by atoms with Gasteiger partial charge in [0, 0.05) is 37.3 Å². The van der Waals surface area contributed by atoms with Crippen molar-refractivity contribution in [3.05, 3.63) is 29.3 Å². The number of benzene rings is 1. The average molecular weight is 244 g/mol. The van der Waals surface area contributed by atoms with E-state index in [-0.39, 0.29) is 0 Å². The highest BCUT2D eigenvalue weighted by Crippen LogP contribution is 2.48. The first-order chi connectivity index (χ1) is 8.75. The summed E-state index contributed by atoms with van der Waals surface area (Å²) in [5.41, 5.74) is 4.24. The van der Waals surface area contributed by atoms with Gasteiger partial charge >= 0.3 is 6.09 Å². The number of carboxylic acid groups (broad SMARTS) is 1. The summed E-state index contributed by atoms with van der Waals surface area (Å²) < 4.78 is 0. The van der Waals surface area contributed by atoms with Gasteiger partial charge in [-0.05, 0) is 24.0 Å². The maximum atomic E-state index is 11.1. The molecule has 3 heterocycles. The normalized spacial score (nSPS) is 28.2. The molecule has 18 heavy (non-hydrogen) atoms. The summed E-state index contributed by atoms with van der Waals surface area (Å²) in [7, 11) is 0. The van der Waals surface area contributed by atoms with Crippen LogP contribution in [0.4, 0.5) is 10.5 Å². The lowest BCUT2D eigenvalue weighted by Crippen LogP contribution is -2.47. The molecular weight excluding hydrogens is 228 g/mol. The largest absolute Gasteiger partial charge is 0.465 e. The molecule has 0 bridgehead atoms. The summed E-state index contributed by atoms with van der Waals surface area (Å²) in [5, 5.41) is 9.15. The minimum Gasteiger partial charge on any atom is -0.465 e. The van der Waals surface area contributed by atoms with E-state index in [0.717, 1.165) is 19.4 Å². The zero-order chi connectivity index (χ0) is 12.3. The standard InChI is InChI=1S/C14H16N2O2/c17-14(18)15-6-5-12-11(8-15)10-3-1-2-9-4-7-16(12)13(9)10/h1-3,11-12H,4-8H2,(H,17,18)/t11-,12-/m1/s1. The molecule has 0 radical (unpaired) electrons. The number of amides is 1. The summed E-state index contributed by atoms with van der Waals surface area (Å²) in [6.45, 7) is 2.45. The van der Waals surface area contributed by atoms with Crippen molar-refractivity contribution in [2.24, 2.45) is 0 Å². The molecule has 3 aliphatic heterocycles. The molecule has 4 heteroatoms. The fourth-order valence-corrected chi connectivity index (χ4v) is 3.94. The van der Waals surface area contributed by atoms with E-state index in [2.05, 4.69) is 23.1 Å². The molecule has 0 aliphatic carbocycles. The maximum absolute atomic E-state index is 11.1. The number of carbonyl (C=O) groups is 1. The van der Waals surface area contributed by atoms with Crippen molar-refractivity contribution in [3.63, 3.8) is 0 Å². The van der Waals surface area contributed by atoms with Crippen molar-refractivity contribution >= 4 is 11.8 Å². The minimum absolute atomic E-state index is 0.380. The Morgan fingerprint density at radius 3 is 3.06 bits per heavy atom. The van der Waals surface area contributed by atoms with Gasteiger partial charge < -0.3 is 14.9 Å². The summed E-state index contributed by atoms with van der Waals surface area (Å²) in [6.07, 6.45) is 1.33. The Morgan fingerprint density at radius 2 is 2.22 bits per heavy atom. The molecular formula is C14H16N2O2. The van der Waals surface area contributed by atoms with Crippen LogP contribution in [0.3, 0.4) is 0 Å². The van der Waals surface area contributed by atoms with Gasteiger partial charge in [0.15, 0.2) is 0 Å². The van der Waals surface area contributed by atoms with Crippen LogP contribution in [0.5, 0.6) is 0 Å². The van der Waals surface area contributed by atoms with Gasteiger partial charge in [-0.25, -0.2) is 4.79 Å². The Bertz CT molecular complexity index is 529. The topological polar surface area (TPSA) is 43.8 Å². The van der Waals surface area contributed by atoms with Crippen LogP contribution < -0.4 is 4.90 Å². The van der Waals surface area contributed by atoms with Crippen LogP contribution in [-0.2, 0) is 6.42 Å². The van der Waals surface area contributed by atoms with Crippen LogP contribution in [0.15, 0.2) is 18.2 Å². The van der Waals surface area contributed by atoms with Gasteiger partial charge in [-0.1, -0.05) is 18.2 Å². The second kappa shape index (κ2) is 3.40. The Balaban J connectivity index is 1.76. The van der Waals surface area contributed by atoms with Gasteiger partial charge in [-0.2, -0.15) is 0 Å². The number of rotatable bonds is 0. The van der Waals surface area contributed by atoms with E-state index < -0.39 is 6.09 Å². The highest BCUT2D eigenvalue weighted by atomic mass is 16.4. The van der Waals surface area contributed by atoms with Crippen LogP contribution in [0.25, 0.3) is 0 Å². The SMILES string of the molecule is O=C(O)N1CC[C@@H]2[C@H](C1)c1cccc3c1N2CC3. The Kier molecular flexibility index (Phi) is 1.93. The number of anilines is 1.